The summed E-state index contributed by atoms with van der Waals surface area (Å²) < 4.78 is 58.1. The third-order valence-electron chi connectivity index (χ3n) is 4.46. The Bertz CT molecular complexity index is 1280. The molecule has 0 heterocycles. The van der Waals surface area contributed by atoms with Crippen molar-refractivity contribution in [1.82, 2.24) is 0 Å². The Morgan fingerprint density at radius 2 is 1.79 bits per heavy atom. The number of nitrogens with zero attached hydrogens (tertiary/aromatic N) is 1. The van der Waals surface area contributed by atoms with Gasteiger partial charge in [-0.3, -0.25) is 14.9 Å². The van der Waals surface area contributed by atoms with Crippen LogP contribution in [0.2, 0.25) is 0 Å². The monoisotopic (exact) mass is 478 g/mol. The van der Waals surface area contributed by atoms with Crippen molar-refractivity contribution >= 4 is 23.3 Å². The summed E-state index contributed by atoms with van der Waals surface area (Å²) in [7, 11) is 0. The zero-order chi connectivity index (χ0) is 25.0. The van der Waals surface area contributed by atoms with Gasteiger partial charge in [0, 0.05) is 18.2 Å². The summed E-state index contributed by atoms with van der Waals surface area (Å²) in [6.45, 7) is 0. The second kappa shape index (κ2) is 9.57. The lowest BCUT2D eigenvalue weighted by Gasteiger charge is -2.12. The number of nitro groups is 1. The summed E-state index contributed by atoms with van der Waals surface area (Å²) in [6, 6.07) is 10.1. The molecule has 0 aliphatic carbocycles. The number of nitro benzene ring substituents is 1. The fourth-order valence-corrected chi connectivity index (χ4v) is 2.92. The van der Waals surface area contributed by atoms with Crippen LogP contribution in [-0.2, 0) is 17.4 Å². The molecule has 0 aliphatic heterocycles. The van der Waals surface area contributed by atoms with Crippen LogP contribution in [0, 0.1) is 15.9 Å². The van der Waals surface area contributed by atoms with Gasteiger partial charge in [0.05, 0.1) is 22.6 Å². The minimum absolute atomic E-state index is 0.0529. The molecule has 3 rings (SSSR count). The number of carbonyl (C=O) groups excluding carboxylic acids is 1. The van der Waals surface area contributed by atoms with Gasteiger partial charge in [0.15, 0.2) is 0 Å². The molecule has 2 N–H and O–H groups in total. The molecule has 176 valence electrons. The van der Waals surface area contributed by atoms with E-state index in [1.54, 1.807) is 0 Å². The summed E-state index contributed by atoms with van der Waals surface area (Å²) in [5.41, 5.74) is -2.25. The number of alkyl halides is 3. The number of non-ortho nitro benzene ring substituents is 1. The van der Waals surface area contributed by atoms with E-state index in [2.05, 4.69) is 5.32 Å². The number of carbonyl (C=O) groups is 2. The highest BCUT2D eigenvalue weighted by Crippen LogP contribution is 2.32. The van der Waals surface area contributed by atoms with Gasteiger partial charge in [-0.05, 0) is 29.8 Å². The predicted molar refractivity (Wildman–Crippen MR) is 110 cm³/mol. The molecule has 34 heavy (non-hydrogen) atoms. The van der Waals surface area contributed by atoms with Gasteiger partial charge < -0.3 is 15.2 Å². The quantitative estimate of drug-likeness (QED) is 0.266. The van der Waals surface area contributed by atoms with E-state index in [1.165, 1.54) is 6.07 Å². The van der Waals surface area contributed by atoms with Crippen LogP contribution in [0.15, 0.2) is 60.7 Å². The number of amides is 1. The predicted octanol–water partition coefficient (Wildman–Crippen LogP) is 5.42. The van der Waals surface area contributed by atoms with Crippen molar-refractivity contribution in [2.24, 2.45) is 0 Å². The molecule has 0 aromatic heterocycles. The third-order valence-corrected chi connectivity index (χ3v) is 4.46. The molecular formula is C22H14F4N2O6. The molecule has 3 aromatic rings. The van der Waals surface area contributed by atoms with E-state index in [9.17, 15) is 42.4 Å². The summed E-state index contributed by atoms with van der Waals surface area (Å²) in [6.07, 6.45) is -5.06. The maximum absolute atomic E-state index is 14.2. The zero-order valence-electron chi connectivity index (χ0n) is 16.9. The highest BCUT2D eigenvalue weighted by Gasteiger charge is 2.30. The summed E-state index contributed by atoms with van der Waals surface area (Å²) in [4.78, 5) is 33.8. The van der Waals surface area contributed by atoms with Crippen molar-refractivity contribution in [3.8, 4) is 11.5 Å². The van der Waals surface area contributed by atoms with Gasteiger partial charge >= 0.3 is 12.1 Å². The average Bonchev–Trinajstić information content (AvgIpc) is 2.75. The van der Waals surface area contributed by atoms with E-state index >= 15 is 0 Å². The molecule has 0 saturated heterocycles. The minimum Gasteiger partial charge on any atom is -0.478 e. The molecule has 0 aliphatic rings. The lowest BCUT2D eigenvalue weighted by Crippen LogP contribution is -2.16. The summed E-state index contributed by atoms with van der Waals surface area (Å²) in [5, 5.41) is 22.4. The molecular weight excluding hydrogens is 464 g/mol. The number of hydrogen-bond donors (Lipinski definition) is 2. The second-order valence-corrected chi connectivity index (χ2v) is 6.91. The molecule has 8 nitrogen and oxygen atoms in total. The van der Waals surface area contributed by atoms with Crippen LogP contribution in [0.25, 0.3) is 0 Å². The third kappa shape index (κ3) is 5.85. The summed E-state index contributed by atoms with van der Waals surface area (Å²) >= 11 is 0. The first kappa shape index (κ1) is 24.2. The lowest BCUT2D eigenvalue weighted by molar-refractivity contribution is -0.384. The SMILES string of the molecule is O=C(Cc1cccc(C(F)(F)F)c1)Nc1cc(Oc2ccc([N+](=O)[O-])cc2C(=O)O)ccc1F. The van der Waals surface area contributed by atoms with E-state index in [0.717, 1.165) is 54.6 Å². The Morgan fingerprint density at radius 3 is 2.44 bits per heavy atom. The van der Waals surface area contributed by atoms with Crippen molar-refractivity contribution in [2.75, 3.05) is 5.32 Å². The molecule has 0 radical (unpaired) electrons. The van der Waals surface area contributed by atoms with Crippen molar-refractivity contribution in [3.63, 3.8) is 0 Å². The van der Waals surface area contributed by atoms with Gasteiger partial charge in [0.25, 0.3) is 5.69 Å². The normalized spacial score (nSPS) is 11.1. The maximum atomic E-state index is 14.2. The van der Waals surface area contributed by atoms with E-state index in [4.69, 9.17) is 4.74 Å². The number of halogens is 4. The Labute approximate surface area is 188 Å². The van der Waals surface area contributed by atoms with Gasteiger partial charge in [-0.1, -0.05) is 18.2 Å². The Hall–Kier alpha value is -4.48. The molecule has 0 atom stereocenters. The number of nitrogens with one attached hydrogen (secondary N) is 1. The Morgan fingerprint density at radius 1 is 1.06 bits per heavy atom. The molecule has 0 saturated carbocycles. The van der Waals surface area contributed by atoms with Crippen molar-refractivity contribution in [1.29, 1.82) is 0 Å². The molecule has 1 amide bonds. The minimum atomic E-state index is -4.59. The van der Waals surface area contributed by atoms with Gasteiger partial charge in [0.1, 0.15) is 22.9 Å². The fourth-order valence-electron chi connectivity index (χ4n) is 2.92. The Kier molecular flexibility index (Phi) is 6.80. The largest absolute Gasteiger partial charge is 0.478 e. The highest BCUT2D eigenvalue weighted by molar-refractivity contribution is 5.93. The molecule has 0 unspecified atom stereocenters. The van der Waals surface area contributed by atoms with Gasteiger partial charge in [-0.25, -0.2) is 9.18 Å². The molecule has 0 bridgehead atoms. The number of hydrogen-bond acceptors (Lipinski definition) is 5. The van der Waals surface area contributed by atoms with Gasteiger partial charge in [-0.2, -0.15) is 13.2 Å². The number of carboxylic acids is 1. The van der Waals surface area contributed by atoms with Gasteiger partial charge in [-0.15, -0.1) is 0 Å². The first-order valence-corrected chi connectivity index (χ1v) is 9.39. The van der Waals surface area contributed by atoms with E-state index in [-0.39, 0.29) is 22.7 Å². The van der Waals surface area contributed by atoms with Crippen LogP contribution < -0.4 is 10.1 Å². The standard InChI is InChI=1S/C22H14F4N2O6/c23-17-6-5-15(34-19-7-4-14(28(32)33)10-16(19)21(30)31)11-18(17)27-20(29)9-12-2-1-3-13(8-12)22(24,25)26/h1-8,10-11H,9H2,(H,27,29)(H,30,31). The van der Waals surface area contributed by atoms with Crippen LogP contribution in [0.4, 0.5) is 28.9 Å². The van der Waals surface area contributed by atoms with Crippen molar-refractivity contribution in [2.45, 2.75) is 12.6 Å². The Balaban J connectivity index is 1.79. The number of carboxylic acid groups (broad SMARTS) is 1. The topological polar surface area (TPSA) is 119 Å². The molecule has 3 aromatic carbocycles. The van der Waals surface area contributed by atoms with E-state index < -0.39 is 52.0 Å². The summed E-state index contributed by atoms with van der Waals surface area (Å²) in [5.74, 6) is -3.57. The number of aromatic carboxylic acids is 1. The van der Waals surface area contributed by atoms with Crippen LogP contribution in [0.1, 0.15) is 21.5 Å². The number of benzene rings is 3. The smallest absolute Gasteiger partial charge is 0.416 e. The van der Waals surface area contributed by atoms with Crippen molar-refractivity contribution in [3.05, 3.63) is 93.3 Å². The van der Waals surface area contributed by atoms with Crippen LogP contribution in [0.3, 0.4) is 0 Å². The van der Waals surface area contributed by atoms with E-state index in [1.807, 2.05) is 0 Å². The molecule has 0 spiro atoms. The van der Waals surface area contributed by atoms with Crippen LogP contribution in [0.5, 0.6) is 11.5 Å². The number of rotatable bonds is 7. The van der Waals surface area contributed by atoms with E-state index in [0.29, 0.717) is 0 Å². The molecule has 0 fully saturated rings. The van der Waals surface area contributed by atoms with Crippen molar-refractivity contribution < 1.29 is 41.9 Å². The lowest BCUT2D eigenvalue weighted by atomic mass is 10.1. The number of ether oxygens (including phenoxy) is 1. The maximum Gasteiger partial charge on any atom is 0.416 e. The first-order valence-electron chi connectivity index (χ1n) is 9.39. The average molecular weight is 478 g/mol. The first-order chi connectivity index (χ1) is 15.9. The van der Waals surface area contributed by atoms with Crippen LogP contribution in [-0.4, -0.2) is 21.9 Å². The fraction of sp³-hybridized carbons (Fsp3) is 0.0909. The number of anilines is 1. The zero-order valence-corrected chi connectivity index (χ0v) is 16.9. The highest BCUT2D eigenvalue weighted by atomic mass is 19.4. The second-order valence-electron chi connectivity index (χ2n) is 6.91. The molecule has 12 heteroatoms. The van der Waals surface area contributed by atoms with Crippen LogP contribution >= 0.6 is 0 Å². The van der Waals surface area contributed by atoms with Gasteiger partial charge in [0.2, 0.25) is 5.91 Å².